The van der Waals surface area contributed by atoms with Gasteiger partial charge in [0.05, 0.1) is 0 Å². The SMILES string of the molecule is CCNC(CCc1cccs1)Cc1cccc(C)c1. The van der Waals surface area contributed by atoms with Crippen LogP contribution in [-0.2, 0) is 12.8 Å². The number of benzene rings is 1. The number of aryl methyl sites for hydroxylation is 2. The minimum Gasteiger partial charge on any atom is -0.314 e. The van der Waals surface area contributed by atoms with Gasteiger partial charge in [-0.25, -0.2) is 0 Å². The van der Waals surface area contributed by atoms with Gasteiger partial charge in [-0.05, 0) is 49.7 Å². The Morgan fingerprint density at radius 2 is 2.11 bits per heavy atom. The smallest absolute Gasteiger partial charge is 0.0111 e. The first-order valence-corrected chi connectivity index (χ1v) is 7.97. The first kappa shape index (κ1) is 14.3. The van der Waals surface area contributed by atoms with E-state index in [2.05, 4.69) is 60.9 Å². The van der Waals surface area contributed by atoms with Gasteiger partial charge in [-0.2, -0.15) is 0 Å². The zero-order chi connectivity index (χ0) is 13.5. The van der Waals surface area contributed by atoms with E-state index in [1.165, 1.54) is 28.8 Å². The largest absolute Gasteiger partial charge is 0.314 e. The molecule has 1 nitrogen and oxygen atoms in total. The zero-order valence-corrected chi connectivity index (χ0v) is 12.7. The molecule has 0 spiro atoms. The summed E-state index contributed by atoms with van der Waals surface area (Å²) in [5, 5.41) is 5.78. The van der Waals surface area contributed by atoms with E-state index in [0.717, 1.165) is 13.0 Å². The summed E-state index contributed by atoms with van der Waals surface area (Å²) >= 11 is 1.86. The zero-order valence-electron chi connectivity index (χ0n) is 11.9. The standard InChI is InChI=1S/C17H23NS/c1-3-18-16(9-10-17-8-5-11-19-17)13-15-7-4-6-14(2)12-15/h4-8,11-12,16,18H,3,9-10,13H2,1-2H3. The Kier molecular flexibility index (Phi) is 5.62. The van der Waals surface area contributed by atoms with Crippen molar-refractivity contribution in [2.75, 3.05) is 6.54 Å². The maximum Gasteiger partial charge on any atom is 0.0111 e. The molecule has 19 heavy (non-hydrogen) atoms. The second-order valence-electron chi connectivity index (χ2n) is 5.07. The highest BCUT2D eigenvalue weighted by atomic mass is 32.1. The van der Waals surface area contributed by atoms with Crippen LogP contribution in [0, 0.1) is 6.92 Å². The van der Waals surface area contributed by atoms with Gasteiger partial charge in [0.25, 0.3) is 0 Å². The lowest BCUT2D eigenvalue weighted by atomic mass is 10.00. The molecule has 1 aromatic heterocycles. The molecule has 1 aromatic carbocycles. The molecule has 1 unspecified atom stereocenters. The van der Waals surface area contributed by atoms with Crippen LogP contribution in [0.3, 0.4) is 0 Å². The second kappa shape index (κ2) is 7.46. The molecule has 2 heteroatoms. The summed E-state index contributed by atoms with van der Waals surface area (Å²) in [6, 6.07) is 13.8. The molecule has 0 aliphatic rings. The maximum atomic E-state index is 3.62. The van der Waals surface area contributed by atoms with Gasteiger partial charge in [0, 0.05) is 10.9 Å². The number of rotatable bonds is 7. The molecule has 0 saturated carbocycles. The summed E-state index contributed by atoms with van der Waals surface area (Å²) in [6.07, 6.45) is 3.52. The van der Waals surface area contributed by atoms with Crippen molar-refractivity contribution in [1.82, 2.24) is 5.32 Å². The molecule has 0 radical (unpaired) electrons. The molecule has 0 saturated heterocycles. The van der Waals surface area contributed by atoms with Crippen molar-refractivity contribution in [2.45, 2.75) is 39.2 Å². The molecule has 0 bridgehead atoms. The Morgan fingerprint density at radius 1 is 1.21 bits per heavy atom. The first-order chi connectivity index (χ1) is 9.28. The topological polar surface area (TPSA) is 12.0 Å². The normalized spacial score (nSPS) is 12.5. The first-order valence-electron chi connectivity index (χ1n) is 7.09. The van der Waals surface area contributed by atoms with Gasteiger partial charge in [0.1, 0.15) is 0 Å². The van der Waals surface area contributed by atoms with Gasteiger partial charge in [-0.15, -0.1) is 11.3 Å². The minimum atomic E-state index is 0.578. The van der Waals surface area contributed by atoms with Crippen LogP contribution in [-0.4, -0.2) is 12.6 Å². The van der Waals surface area contributed by atoms with E-state index in [0.29, 0.717) is 6.04 Å². The molecule has 2 rings (SSSR count). The molecular formula is C17H23NS. The van der Waals surface area contributed by atoms with E-state index >= 15 is 0 Å². The highest BCUT2D eigenvalue weighted by Gasteiger charge is 2.09. The third-order valence-electron chi connectivity index (χ3n) is 3.38. The van der Waals surface area contributed by atoms with Crippen molar-refractivity contribution in [3.8, 4) is 0 Å². The highest BCUT2D eigenvalue weighted by Crippen LogP contribution is 2.15. The molecule has 0 amide bonds. The van der Waals surface area contributed by atoms with E-state index in [9.17, 15) is 0 Å². The van der Waals surface area contributed by atoms with E-state index in [-0.39, 0.29) is 0 Å². The summed E-state index contributed by atoms with van der Waals surface area (Å²) < 4.78 is 0. The molecule has 1 heterocycles. The van der Waals surface area contributed by atoms with Crippen molar-refractivity contribution in [3.63, 3.8) is 0 Å². The summed E-state index contributed by atoms with van der Waals surface area (Å²) in [7, 11) is 0. The van der Waals surface area contributed by atoms with Crippen molar-refractivity contribution < 1.29 is 0 Å². The lowest BCUT2D eigenvalue weighted by molar-refractivity contribution is 0.492. The van der Waals surface area contributed by atoms with Gasteiger partial charge in [0.2, 0.25) is 0 Å². The van der Waals surface area contributed by atoms with Gasteiger partial charge in [0.15, 0.2) is 0 Å². The fraction of sp³-hybridized carbons (Fsp3) is 0.412. The molecule has 102 valence electrons. The predicted octanol–water partition coefficient (Wildman–Crippen LogP) is 4.21. The highest BCUT2D eigenvalue weighted by molar-refractivity contribution is 7.09. The van der Waals surface area contributed by atoms with E-state index in [1.54, 1.807) is 0 Å². The third-order valence-corrected chi connectivity index (χ3v) is 4.31. The Hall–Kier alpha value is -1.12. The van der Waals surface area contributed by atoms with Crippen LogP contribution in [0.4, 0.5) is 0 Å². The van der Waals surface area contributed by atoms with Gasteiger partial charge < -0.3 is 5.32 Å². The summed E-state index contributed by atoms with van der Waals surface area (Å²) in [4.78, 5) is 1.49. The van der Waals surface area contributed by atoms with Crippen LogP contribution in [0.2, 0.25) is 0 Å². The molecule has 0 aliphatic carbocycles. The van der Waals surface area contributed by atoms with Crippen molar-refractivity contribution in [2.24, 2.45) is 0 Å². The van der Waals surface area contributed by atoms with Crippen molar-refractivity contribution in [3.05, 3.63) is 57.8 Å². The molecule has 1 N–H and O–H groups in total. The Morgan fingerprint density at radius 3 is 2.79 bits per heavy atom. The Bertz CT molecular complexity index is 476. The Labute approximate surface area is 120 Å². The number of hydrogen-bond acceptors (Lipinski definition) is 2. The van der Waals surface area contributed by atoms with Crippen molar-refractivity contribution in [1.29, 1.82) is 0 Å². The molecular weight excluding hydrogens is 250 g/mol. The van der Waals surface area contributed by atoms with Crippen LogP contribution in [0.5, 0.6) is 0 Å². The fourth-order valence-corrected chi connectivity index (χ4v) is 3.18. The molecule has 1 atom stereocenters. The maximum absolute atomic E-state index is 3.62. The monoisotopic (exact) mass is 273 g/mol. The van der Waals surface area contributed by atoms with Crippen LogP contribution in [0.25, 0.3) is 0 Å². The molecule has 0 fully saturated rings. The van der Waals surface area contributed by atoms with E-state index in [4.69, 9.17) is 0 Å². The predicted molar refractivity (Wildman–Crippen MR) is 85.0 cm³/mol. The van der Waals surface area contributed by atoms with Gasteiger partial charge in [-0.1, -0.05) is 42.8 Å². The average molecular weight is 273 g/mol. The van der Waals surface area contributed by atoms with Crippen LogP contribution >= 0.6 is 11.3 Å². The Balaban J connectivity index is 1.91. The van der Waals surface area contributed by atoms with Crippen LogP contribution in [0.1, 0.15) is 29.3 Å². The summed E-state index contributed by atoms with van der Waals surface area (Å²) in [5.74, 6) is 0. The quantitative estimate of drug-likeness (QED) is 0.797. The third kappa shape index (κ3) is 4.81. The lowest BCUT2D eigenvalue weighted by Gasteiger charge is -2.18. The number of hydrogen-bond donors (Lipinski definition) is 1. The number of nitrogens with one attached hydrogen (secondary N) is 1. The van der Waals surface area contributed by atoms with Crippen molar-refractivity contribution >= 4 is 11.3 Å². The number of likely N-dealkylation sites (N-methyl/N-ethyl adjacent to an activating group) is 1. The van der Waals surface area contributed by atoms with E-state index in [1.807, 2.05) is 11.3 Å². The van der Waals surface area contributed by atoms with Gasteiger partial charge >= 0.3 is 0 Å². The van der Waals surface area contributed by atoms with E-state index < -0.39 is 0 Å². The molecule has 2 aromatic rings. The summed E-state index contributed by atoms with van der Waals surface area (Å²) in [6.45, 7) is 5.40. The second-order valence-corrected chi connectivity index (χ2v) is 6.10. The fourth-order valence-electron chi connectivity index (χ4n) is 2.46. The van der Waals surface area contributed by atoms with Crippen LogP contribution < -0.4 is 5.32 Å². The lowest BCUT2D eigenvalue weighted by Crippen LogP contribution is -2.31. The van der Waals surface area contributed by atoms with Crippen LogP contribution in [0.15, 0.2) is 41.8 Å². The molecule has 0 aliphatic heterocycles. The summed E-state index contributed by atoms with van der Waals surface area (Å²) in [5.41, 5.74) is 2.79. The minimum absolute atomic E-state index is 0.578. The average Bonchev–Trinajstić information content (AvgIpc) is 2.89. The number of thiophene rings is 1. The van der Waals surface area contributed by atoms with Gasteiger partial charge in [-0.3, -0.25) is 0 Å².